The normalized spacial score (nSPS) is 11.2. The van der Waals surface area contributed by atoms with Gasteiger partial charge in [-0.2, -0.15) is 5.10 Å². The van der Waals surface area contributed by atoms with E-state index in [-0.39, 0.29) is 21.9 Å². The summed E-state index contributed by atoms with van der Waals surface area (Å²) in [6.07, 6.45) is 2.64. The van der Waals surface area contributed by atoms with Crippen molar-refractivity contribution in [3.8, 4) is 5.75 Å². The number of benzene rings is 1. The van der Waals surface area contributed by atoms with Crippen molar-refractivity contribution in [1.82, 2.24) is 10.2 Å². The van der Waals surface area contributed by atoms with E-state index in [1.807, 2.05) is 0 Å². The number of rotatable bonds is 4. The number of hydrogen-bond donors (Lipinski definition) is 4. The van der Waals surface area contributed by atoms with Gasteiger partial charge in [0.1, 0.15) is 5.75 Å². The fourth-order valence-electron chi connectivity index (χ4n) is 1.40. The van der Waals surface area contributed by atoms with E-state index in [0.717, 1.165) is 18.2 Å². The summed E-state index contributed by atoms with van der Waals surface area (Å²) in [5.41, 5.74) is 5.01. The first kappa shape index (κ1) is 12.9. The van der Waals surface area contributed by atoms with Crippen molar-refractivity contribution < 1.29 is 18.3 Å². The summed E-state index contributed by atoms with van der Waals surface area (Å²) in [5, 5.41) is 15.4. The van der Waals surface area contributed by atoms with Crippen LogP contribution in [0.2, 0.25) is 0 Å². The number of primary amides is 1. The standard InChI is InChI=1S/C10H10N4O4S/c11-10(16)8-3-7(1-2-9(8)15)19(17,18)14-6-4-12-13-5-6/h1-5,14-15H,(H2,11,16)(H,12,13). The van der Waals surface area contributed by atoms with Gasteiger partial charge < -0.3 is 10.8 Å². The Morgan fingerprint density at radius 1 is 1.42 bits per heavy atom. The molecule has 19 heavy (non-hydrogen) atoms. The first-order chi connectivity index (χ1) is 8.90. The van der Waals surface area contributed by atoms with E-state index in [4.69, 9.17) is 5.73 Å². The molecule has 2 rings (SSSR count). The van der Waals surface area contributed by atoms with Crippen molar-refractivity contribution in [3.05, 3.63) is 36.2 Å². The summed E-state index contributed by atoms with van der Waals surface area (Å²) >= 11 is 0. The number of aromatic nitrogens is 2. The van der Waals surface area contributed by atoms with Gasteiger partial charge in [-0.3, -0.25) is 14.6 Å². The Morgan fingerprint density at radius 3 is 2.74 bits per heavy atom. The van der Waals surface area contributed by atoms with Crippen molar-refractivity contribution in [1.29, 1.82) is 0 Å². The second-order valence-corrected chi connectivity index (χ2v) is 5.32. The van der Waals surface area contributed by atoms with E-state index in [9.17, 15) is 18.3 Å². The zero-order valence-corrected chi connectivity index (χ0v) is 10.3. The van der Waals surface area contributed by atoms with E-state index in [1.54, 1.807) is 0 Å². The quantitative estimate of drug-likeness (QED) is 0.626. The third kappa shape index (κ3) is 2.65. The predicted octanol–water partition coefficient (Wildman–Crippen LogP) is 0.0150. The molecule has 0 radical (unpaired) electrons. The molecule has 5 N–H and O–H groups in total. The summed E-state index contributed by atoms with van der Waals surface area (Å²) in [6, 6.07) is 3.24. The third-order valence-electron chi connectivity index (χ3n) is 2.29. The highest BCUT2D eigenvalue weighted by molar-refractivity contribution is 7.92. The molecular weight excluding hydrogens is 272 g/mol. The van der Waals surface area contributed by atoms with Crippen molar-refractivity contribution in [2.75, 3.05) is 4.72 Å². The molecule has 9 heteroatoms. The van der Waals surface area contributed by atoms with Gasteiger partial charge in [0.25, 0.3) is 15.9 Å². The fourth-order valence-corrected chi connectivity index (χ4v) is 2.46. The number of phenols is 1. The number of carbonyl (C=O) groups excluding carboxylic acids is 1. The van der Waals surface area contributed by atoms with Crippen molar-refractivity contribution in [2.45, 2.75) is 4.90 Å². The molecule has 0 fully saturated rings. The lowest BCUT2D eigenvalue weighted by molar-refractivity contribution is 0.0997. The molecule has 0 saturated heterocycles. The summed E-state index contributed by atoms with van der Waals surface area (Å²) in [7, 11) is -3.88. The molecule has 0 aliphatic heterocycles. The predicted molar refractivity (Wildman–Crippen MR) is 66.0 cm³/mol. The maximum Gasteiger partial charge on any atom is 0.262 e. The smallest absolute Gasteiger partial charge is 0.262 e. The lowest BCUT2D eigenvalue weighted by Gasteiger charge is -2.07. The molecule has 1 amide bonds. The minimum atomic E-state index is -3.88. The number of sulfonamides is 1. The molecule has 8 nitrogen and oxygen atoms in total. The van der Waals surface area contributed by atoms with E-state index >= 15 is 0 Å². The van der Waals surface area contributed by atoms with Crippen LogP contribution in [0.4, 0.5) is 5.69 Å². The minimum Gasteiger partial charge on any atom is -0.507 e. The van der Waals surface area contributed by atoms with Crippen LogP contribution in [0.3, 0.4) is 0 Å². The Morgan fingerprint density at radius 2 is 2.16 bits per heavy atom. The van der Waals surface area contributed by atoms with Crippen molar-refractivity contribution >= 4 is 21.6 Å². The molecule has 1 aromatic heterocycles. The number of carbonyl (C=O) groups is 1. The topological polar surface area (TPSA) is 138 Å². The van der Waals surface area contributed by atoms with Gasteiger partial charge in [0.15, 0.2) is 0 Å². The van der Waals surface area contributed by atoms with Gasteiger partial charge in [0, 0.05) is 6.20 Å². The highest BCUT2D eigenvalue weighted by atomic mass is 32.2. The van der Waals surface area contributed by atoms with Crippen LogP contribution in [0.5, 0.6) is 5.75 Å². The molecule has 0 atom stereocenters. The monoisotopic (exact) mass is 282 g/mol. The number of anilines is 1. The Balaban J connectivity index is 2.41. The number of nitrogens with two attached hydrogens (primary N) is 1. The van der Waals surface area contributed by atoms with E-state index in [0.29, 0.717) is 0 Å². The number of aromatic hydroxyl groups is 1. The first-order valence-electron chi connectivity index (χ1n) is 5.04. The Bertz CT molecular complexity index is 709. The van der Waals surface area contributed by atoms with Crippen LogP contribution in [0.1, 0.15) is 10.4 Å². The van der Waals surface area contributed by atoms with Crippen LogP contribution < -0.4 is 10.5 Å². The van der Waals surface area contributed by atoms with Gasteiger partial charge >= 0.3 is 0 Å². The van der Waals surface area contributed by atoms with E-state index in [2.05, 4.69) is 14.9 Å². The first-order valence-corrected chi connectivity index (χ1v) is 6.53. The van der Waals surface area contributed by atoms with Crippen molar-refractivity contribution in [3.63, 3.8) is 0 Å². The number of amides is 1. The van der Waals surface area contributed by atoms with Gasteiger partial charge in [-0.1, -0.05) is 0 Å². The summed E-state index contributed by atoms with van der Waals surface area (Å²) in [5.74, 6) is -1.30. The SMILES string of the molecule is NC(=O)c1cc(S(=O)(=O)Nc2cn[nH]c2)ccc1O. The molecule has 0 aliphatic rings. The highest BCUT2D eigenvalue weighted by Crippen LogP contribution is 2.22. The van der Waals surface area contributed by atoms with Crippen LogP contribution in [0.15, 0.2) is 35.5 Å². The highest BCUT2D eigenvalue weighted by Gasteiger charge is 2.18. The van der Waals surface area contributed by atoms with Crippen LogP contribution >= 0.6 is 0 Å². The number of nitrogens with zero attached hydrogens (tertiary/aromatic N) is 1. The van der Waals surface area contributed by atoms with Crippen LogP contribution in [0, 0.1) is 0 Å². The Hall–Kier alpha value is -2.55. The van der Waals surface area contributed by atoms with E-state index in [1.165, 1.54) is 12.4 Å². The molecule has 0 aliphatic carbocycles. The lowest BCUT2D eigenvalue weighted by atomic mass is 10.2. The Kier molecular flexibility index (Phi) is 3.13. The third-order valence-corrected chi connectivity index (χ3v) is 3.67. The maximum atomic E-state index is 12.0. The molecule has 100 valence electrons. The zero-order valence-electron chi connectivity index (χ0n) is 9.49. The summed E-state index contributed by atoms with van der Waals surface area (Å²) in [6.45, 7) is 0. The minimum absolute atomic E-state index is 0.194. The molecule has 1 aromatic carbocycles. The van der Waals surface area contributed by atoms with Gasteiger partial charge in [0.2, 0.25) is 0 Å². The van der Waals surface area contributed by atoms with Gasteiger partial charge in [-0.25, -0.2) is 8.42 Å². The molecule has 2 aromatic rings. The fraction of sp³-hybridized carbons (Fsp3) is 0. The number of H-pyrrole nitrogens is 1. The average molecular weight is 282 g/mol. The second-order valence-electron chi connectivity index (χ2n) is 3.64. The van der Waals surface area contributed by atoms with Crippen molar-refractivity contribution in [2.24, 2.45) is 5.73 Å². The zero-order chi connectivity index (χ0) is 14.0. The lowest BCUT2D eigenvalue weighted by Crippen LogP contribution is -2.15. The summed E-state index contributed by atoms with van der Waals surface area (Å²) < 4.78 is 26.2. The number of nitrogens with one attached hydrogen (secondary N) is 2. The molecule has 0 bridgehead atoms. The molecular formula is C10H10N4O4S. The van der Waals surface area contributed by atoms with Crippen LogP contribution in [-0.2, 0) is 10.0 Å². The average Bonchev–Trinajstić information content (AvgIpc) is 2.80. The molecule has 0 spiro atoms. The number of aromatic amines is 1. The number of hydrogen-bond acceptors (Lipinski definition) is 5. The van der Waals surface area contributed by atoms with Gasteiger partial charge in [0.05, 0.1) is 22.3 Å². The maximum absolute atomic E-state index is 12.0. The largest absolute Gasteiger partial charge is 0.507 e. The summed E-state index contributed by atoms with van der Waals surface area (Å²) in [4.78, 5) is 10.9. The van der Waals surface area contributed by atoms with E-state index < -0.39 is 15.9 Å². The second kappa shape index (κ2) is 4.61. The van der Waals surface area contributed by atoms with Gasteiger partial charge in [-0.15, -0.1) is 0 Å². The molecule has 1 heterocycles. The molecule has 0 saturated carbocycles. The van der Waals surface area contributed by atoms with Crippen LogP contribution in [-0.4, -0.2) is 29.6 Å². The van der Waals surface area contributed by atoms with Gasteiger partial charge in [-0.05, 0) is 18.2 Å². The Labute approximate surface area is 108 Å². The molecule has 0 unspecified atom stereocenters. The van der Waals surface area contributed by atoms with Crippen LogP contribution in [0.25, 0.3) is 0 Å².